The molecule has 0 unspecified atom stereocenters. The van der Waals surface area contributed by atoms with Crippen molar-refractivity contribution in [3.05, 3.63) is 76.8 Å². The number of aromatic nitrogens is 2. The van der Waals surface area contributed by atoms with Crippen LogP contribution in [0.15, 0.2) is 54.7 Å². The zero-order valence-electron chi connectivity index (χ0n) is 13.9. The molecule has 0 saturated carbocycles. The van der Waals surface area contributed by atoms with Crippen molar-refractivity contribution in [3.8, 4) is 22.4 Å². The highest BCUT2D eigenvalue weighted by Gasteiger charge is 2.13. The molecule has 4 rings (SSSR count). The Kier molecular flexibility index (Phi) is 3.81. The second-order valence-electron chi connectivity index (χ2n) is 6.22. The lowest BCUT2D eigenvalue weighted by molar-refractivity contribution is 0.631. The summed E-state index contributed by atoms with van der Waals surface area (Å²) in [6, 6.07) is 14.9. The van der Waals surface area contributed by atoms with Crippen LogP contribution < -0.4 is 0 Å². The van der Waals surface area contributed by atoms with E-state index in [0.717, 1.165) is 27.7 Å². The molecule has 0 spiro atoms. The first-order chi connectivity index (χ1) is 12.0. The van der Waals surface area contributed by atoms with Gasteiger partial charge in [-0.25, -0.2) is 4.39 Å². The number of H-pyrrole nitrogens is 1. The number of halogens is 2. The van der Waals surface area contributed by atoms with E-state index in [-0.39, 0.29) is 5.82 Å². The van der Waals surface area contributed by atoms with Gasteiger partial charge in [0.1, 0.15) is 5.82 Å². The zero-order chi connectivity index (χ0) is 17.6. The molecule has 0 fully saturated rings. The Morgan fingerprint density at radius 2 is 1.88 bits per heavy atom. The van der Waals surface area contributed by atoms with Gasteiger partial charge in [-0.1, -0.05) is 23.7 Å². The Bertz CT molecular complexity index is 1080. The number of pyridine rings is 1. The minimum atomic E-state index is -0.335. The third-order valence-corrected chi connectivity index (χ3v) is 4.73. The van der Waals surface area contributed by atoms with E-state index in [0.29, 0.717) is 16.3 Å². The first kappa shape index (κ1) is 15.9. The number of hydrogen-bond donors (Lipinski definition) is 1. The molecule has 25 heavy (non-hydrogen) atoms. The summed E-state index contributed by atoms with van der Waals surface area (Å²) in [5, 5.41) is 1.40. The molecule has 4 heteroatoms. The summed E-state index contributed by atoms with van der Waals surface area (Å²) in [5.74, 6) is -0.335. The van der Waals surface area contributed by atoms with Crippen molar-refractivity contribution in [2.45, 2.75) is 13.8 Å². The molecule has 0 saturated heterocycles. The normalized spacial score (nSPS) is 11.2. The van der Waals surface area contributed by atoms with E-state index in [1.54, 1.807) is 12.1 Å². The molecular formula is C21H16ClFN2. The van der Waals surface area contributed by atoms with Crippen LogP contribution in [0.2, 0.25) is 5.02 Å². The summed E-state index contributed by atoms with van der Waals surface area (Å²) in [6.07, 6.45) is 1.90. The van der Waals surface area contributed by atoms with Gasteiger partial charge in [-0.3, -0.25) is 4.98 Å². The summed E-state index contributed by atoms with van der Waals surface area (Å²) < 4.78 is 14.2. The summed E-state index contributed by atoms with van der Waals surface area (Å²) in [7, 11) is 0. The standard InChI is InChI=1S/C21H16ClFN2/c1-12-8-13(2)24-11-16(12)14-6-7-19-15(9-14)10-20(25-19)21-17(22)4-3-5-18(21)23/h3-11,25H,1-2H3. The molecule has 1 N–H and O–H groups in total. The van der Waals surface area contributed by atoms with Gasteiger partial charge < -0.3 is 4.98 Å². The van der Waals surface area contributed by atoms with Crippen LogP contribution in [0.5, 0.6) is 0 Å². The third-order valence-electron chi connectivity index (χ3n) is 4.41. The minimum absolute atomic E-state index is 0.335. The number of aromatic amines is 1. The van der Waals surface area contributed by atoms with Crippen LogP contribution in [0, 0.1) is 19.7 Å². The largest absolute Gasteiger partial charge is 0.354 e. The molecule has 0 atom stereocenters. The van der Waals surface area contributed by atoms with Gasteiger partial charge in [-0.05, 0) is 61.4 Å². The number of hydrogen-bond acceptors (Lipinski definition) is 1. The summed E-state index contributed by atoms with van der Waals surface area (Å²) in [5.41, 5.74) is 6.38. The molecule has 0 amide bonds. The second kappa shape index (κ2) is 6.01. The van der Waals surface area contributed by atoms with Crippen molar-refractivity contribution in [2.75, 3.05) is 0 Å². The van der Waals surface area contributed by atoms with Crippen molar-refractivity contribution in [1.29, 1.82) is 0 Å². The van der Waals surface area contributed by atoms with Gasteiger partial charge in [-0.2, -0.15) is 0 Å². The van der Waals surface area contributed by atoms with E-state index < -0.39 is 0 Å². The van der Waals surface area contributed by atoms with Gasteiger partial charge in [0.2, 0.25) is 0 Å². The van der Waals surface area contributed by atoms with E-state index in [9.17, 15) is 4.39 Å². The smallest absolute Gasteiger partial charge is 0.134 e. The van der Waals surface area contributed by atoms with Crippen molar-refractivity contribution >= 4 is 22.5 Å². The van der Waals surface area contributed by atoms with Crippen LogP contribution in [0.1, 0.15) is 11.3 Å². The van der Waals surface area contributed by atoms with Crippen LogP contribution >= 0.6 is 11.6 Å². The van der Waals surface area contributed by atoms with Crippen LogP contribution in [-0.2, 0) is 0 Å². The van der Waals surface area contributed by atoms with Crippen molar-refractivity contribution < 1.29 is 4.39 Å². The maximum Gasteiger partial charge on any atom is 0.134 e. The number of benzene rings is 2. The quantitative estimate of drug-likeness (QED) is 0.451. The Labute approximate surface area is 150 Å². The number of nitrogens with zero attached hydrogens (tertiary/aromatic N) is 1. The maximum absolute atomic E-state index is 14.2. The summed E-state index contributed by atoms with van der Waals surface area (Å²) in [4.78, 5) is 7.65. The van der Waals surface area contributed by atoms with Gasteiger partial charge in [0.25, 0.3) is 0 Å². The molecular weight excluding hydrogens is 335 g/mol. The first-order valence-corrected chi connectivity index (χ1v) is 8.41. The third kappa shape index (κ3) is 2.81. The first-order valence-electron chi connectivity index (χ1n) is 8.04. The van der Waals surface area contributed by atoms with Crippen molar-refractivity contribution in [1.82, 2.24) is 9.97 Å². The molecule has 0 radical (unpaired) electrons. The summed E-state index contributed by atoms with van der Waals surface area (Å²) >= 11 is 6.19. The molecule has 0 bridgehead atoms. The fourth-order valence-corrected chi connectivity index (χ4v) is 3.45. The highest BCUT2D eigenvalue weighted by atomic mass is 35.5. The molecule has 2 nitrogen and oxygen atoms in total. The molecule has 2 aromatic carbocycles. The van der Waals surface area contributed by atoms with E-state index in [1.165, 1.54) is 11.6 Å². The van der Waals surface area contributed by atoms with E-state index in [2.05, 4.69) is 29.0 Å². The molecule has 4 aromatic rings. The molecule has 0 aliphatic heterocycles. The van der Waals surface area contributed by atoms with Crippen LogP contribution in [0.25, 0.3) is 33.3 Å². The lowest BCUT2D eigenvalue weighted by Crippen LogP contribution is -1.88. The van der Waals surface area contributed by atoms with Crippen LogP contribution in [0.3, 0.4) is 0 Å². The van der Waals surface area contributed by atoms with Gasteiger partial charge in [-0.15, -0.1) is 0 Å². The number of fused-ring (bicyclic) bond motifs is 1. The van der Waals surface area contributed by atoms with Gasteiger partial charge in [0, 0.05) is 28.4 Å². The lowest BCUT2D eigenvalue weighted by Gasteiger charge is -2.06. The molecule has 124 valence electrons. The average molecular weight is 351 g/mol. The Balaban J connectivity index is 1.85. The minimum Gasteiger partial charge on any atom is -0.354 e. The van der Waals surface area contributed by atoms with E-state index in [4.69, 9.17) is 11.6 Å². The summed E-state index contributed by atoms with van der Waals surface area (Å²) in [6.45, 7) is 4.06. The van der Waals surface area contributed by atoms with Crippen molar-refractivity contribution in [3.63, 3.8) is 0 Å². The average Bonchev–Trinajstić information content (AvgIpc) is 2.97. The topological polar surface area (TPSA) is 28.7 Å². The molecule has 0 aliphatic rings. The molecule has 0 aliphatic carbocycles. The molecule has 2 aromatic heterocycles. The number of aryl methyl sites for hydroxylation is 2. The Morgan fingerprint density at radius 1 is 1.04 bits per heavy atom. The molecule has 2 heterocycles. The van der Waals surface area contributed by atoms with Crippen LogP contribution in [-0.4, -0.2) is 9.97 Å². The van der Waals surface area contributed by atoms with Gasteiger partial charge >= 0.3 is 0 Å². The SMILES string of the molecule is Cc1cc(C)c(-c2ccc3[nH]c(-c4c(F)cccc4Cl)cc3c2)cn1. The van der Waals surface area contributed by atoms with Gasteiger partial charge in [0.05, 0.1) is 16.3 Å². The zero-order valence-corrected chi connectivity index (χ0v) is 14.7. The van der Waals surface area contributed by atoms with E-state index in [1.807, 2.05) is 31.3 Å². The highest BCUT2D eigenvalue weighted by Crippen LogP contribution is 2.34. The number of rotatable bonds is 2. The highest BCUT2D eigenvalue weighted by molar-refractivity contribution is 6.33. The van der Waals surface area contributed by atoms with E-state index >= 15 is 0 Å². The van der Waals surface area contributed by atoms with Crippen molar-refractivity contribution in [2.24, 2.45) is 0 Å². The van der Waals surface area contributed by atoms with Gasteiger partial charge in [0.15, 0.2) is 0 Å². The predicted molar refractivity (Wildman–Crippen MR) is 101 cm³/mol. The second-order valence-corrected chi connectivity index (χ2v) is 6.63. The number of nitrogens with one attached hydrogen (secondary N) is 1. The monoisotopic (exact) mass is 350 g/mol. The Hall–Kier alpha value is -2.65. The fourth-order valence-electron chi connectivity index (χ4n) is 3.19. The maximum atomic E-state index is 14.2. The Morgan fingerprint density at radius 3 is 2.64 bits per heavy atom. The fraction of sp³-hybridized carbons (Fsp3) is 0.0952. The predicted octanol–water partition coefficient (Wildman–Crippen LogP) is 6.31. The van der Waals surface area contributed by atoms with Crippen LogP contribution in [0.4, 0.5) is 4.39 Å². The lowest BCUT2D eigenvalue weighted by atomic mass is 10.0.